The van der Waals surface area contributed by atoms with Gasteiger partial charge in [0, 0.05) is 36.6 Å². The molecule has 0 spiro atoms. The summed E-state index contributed by atoms with van der Waals surface area (Å²) < 4.78 is 31.7. The summed E-state index contributed by atoms with van der Waals surface area (Å²) in [4.78, 5) is 23.9. The number of hydrogen-bond donors (Lipinski definition) is 1. The minimum absolute atomic E-state index is 0.146. The van der Waals surface area contributed by atoms with E-state index in [-0.39, 0.29) is 10.8 Å². The van der Waals surface area contributed by atoms with Crippen molar-refractivity contribution in [3.05, 3.63) is 24.3 Å². The van der Waals surface area contributed by atoms with Crippen LogP contribution in [0.25, 0.3) is 0 Å². The molecule has 1 saturated carbocycles. The third kappa shape index (κ3) is 4.48. The second kappa shape index (κ2) is 8.37. The number of benzene rings is 1. The average Bonchev–Trinajstić information content (AvgIpc) is 2.69. The summed E-state index contributed by atoms with van der Waals surface area (Å²) in [7, 11) is -3.59. The molecular formula is C18H23N2O6S-. The van der Waals surface area contributed by atoms with E-state index in [4.69, 9.17) is 4.74 Å². The second-order valence-corrected chi connectivity index (χ2v) is 8.78. The lowest BCUT2D eigenvalue weighted by molar-refractivity contribution is -0.313. The maximum absolute atomic E-state index is 12.6. The zero-order valence-electron chi connectivity index (χ0n) is 14.9. The smallest absolute Gasteiger partial charge is 0.243 e. The van der Waals surface area contributed by atoms with E-state index in [0.717, 1.165) is 12.8 Å². The highest BCUT2D eigenvalue weighted by atomic mass is 32.2. The molecule has 1 N–H and O–H groups in total. The molecule has 9 heteroatoms. The van der Waals surface area contributed by atoms with Gasteiger partial charge >= 0.3 is 0 Å². The first-order valence-corrected chi connectivity index (χ1v) is 10.5. The molecule has 148 valence electrons. The lowest BCUT2D eigenvalue weighted by Crippen LogP contribution is -2.42. The highest BCUT2D eigenvalue weighted by molar-refractivity contribution is 7.89. The van der Waals surface area contributed by atoms with E-state index in [2.05, 4.69) is 5.32 Å². The molecule has 8 nitrogen and oxygen atoms in total. The summed E-state index contributed by atoms with van der Waals surface area (Å²) in [5, 5.41) is 14.0. The number of nitrogens with zero attached hydrogens (tertiary/aromatic N) is 1. The SMILES string of the molecule is O=C([O-])[C@@H]1CCCC[C@H]1C(=O)Nc1ccc(S(=O)(=O)N2CCOCC2)cc1. The van der Waals surface area contributed by atoms with Gasteiger partial charge in [-0.15, -0.1) is 0 Å². The van der Waals surface area contributed by atoms with Gasteiger partial charge in [0.15, 0.2) is 0 Å². The minimum atomic E-state index is -3.59. The van der Waals surface area contributed by atoms with E-state index >= 15 is 0 Å². The Labute approximate surface area is 158 Å². The summed E-state index contributed by atoms with van der Waals surface area (Å²) in [6.45, 7) is 1.36. The third-order valence-electron chi connectivity index (χ3n) is 5.14. The Morgan fingerprint density at radius 2 is 1.63 bits per heavy atom. The molecular weight excluding hydrogens is 372 g/mol. The van der Waals surface area contributed by atoms with Crippen LogP contribution in [-0.2, 0) is 24.3 Å². The number of ether oxygens (including phenoxy) is 1. The van der Waals surface area contributed by atoms with Crippen LogP contribution in [0.5, 0.6) is 0 Å². The van der Waals surface area contributed by atoms with Gasteiger partial charge in [0.25, 0.3) is 0 Å². The summed E-state index contributed by atoms with van der Waals surface area (Å²) in [6.07, 6.45) is 2.53. The van der Waals surface area contributed by atoms with E-state index in [1.54, 1.807) is 0 Å². The standard InChI is InChI=1S/C18H24N2O6S/c21-17(15-3-1-2-4-16(15)18(22)23)19-13-5-7-14(8-6-13)27(24,25)20-9-11-26-12-10-20/h5-8,15-16H,1-4,9-12H2,(H,19,21)(H,22,23)/p-1/t15-,16-/m1/s1. The van der Waals surface area contributed by atoms with Gasteiger partial charge in [-0.05, 0) is 37.1 Å². The van der Waals surface area contributed by atoms with E-state index in [9.17, 15) is 23.1 Å². The fourth-order valence-electron chi connectivity index (χ4n) is 3.61. The molecule has 2 atom stereocenters. The number of carboxylic acid groups (broad SMARTS) is 1. The van der Waals surface area contributed by atoms with E-state index in [1.165, 1.54) is 28.6 Å². The highest BCUT2D eigenvalue weighted by Crippen LogP contribution is 2.31. The van der Waals surface area contributed by atoms with Crippen molar-refractivity contribution in [3.8, 4) is 0 Å². The van der Waals surface area contributed by atoms with Gasteiger partial charge in [-0.2, -0.15) is 4.31 Å². The molecule has 2 fully saturated rings. The van der Waals surface area contributed by atoms with Crippen molar-refractivity contribution >= 4 is 27.6 Å². The number of nitrogens with one attached hydrogen (secondary N) is 1. The summed E-state index contributed by atoms with van der Waals surface area (Å²) in [5.74, 6) is -2.96. The number of morpholine rings is 1. The molecule has 3 rings (SSSR count). The minimum Gasteiger partial charge on any atom is -0.550 e. The first-order chi connectivity index (χ1) is 12.9. The Balaban J connectivity index is 1.68. The predicted octanol–water partition coefficient (Wildman–Crippen LogP) is 0.202. The highest BCUT2D eigenvalue weighted by Gasteiger charge is 2.32. The van der Waals surface area contributed by atoms with Gasteiger partial charge in [0.1, 0.15) is 0 Å². The zero-order valence-corrected chi connectivity index (χ0v) is 15.7. The fourth-order valence-corrected chi connectivity index (χ4v) is 5.02. The number of rotatable bonds is 5. The number of carbonyl (C=O) groups excluding carboxylic acids is 2. The van der Waals surface area contributed by atoms with Crippen LogP contribution in [0.15, 0.2) is 29.2 Å². The molecule has 1 aromatic rings. The second-order valence-electron chi connectivity index (χ2n) is 6.85. The van der Waals surface area contributed by atoms with Gasteiger partial charge in [0.2, 0.25) is 15.9 Å². The normalized spacial score (nSPS) is 24.3. The van der Waals surface area contributed by atoms with Crippen LogP contribution in [0.3, 0.4) is 0 Å². The summed E-state index contributed by atoms with van der Waals surface area (Å²) in [6, 6.07) is 5.92. The topological polar surface area (TPSA) is 116 Å². The van der Waals surface area contributed by atoms with Crippen molar-refractivity contribution in [1.82, 2.24) is 4.31 Å². The van der Waals surface area contributed by atoms with E-state index in [0.29, 0.717) is 44.8 Å². The van der Waals surface area contributed by atoms with E-state index < -0.39 is 27.8 Å². The number of amides is 1. The van der Waals surface area contributed by atoms with Gasteiger partial charge < -0.3 is 20.0 Å². The van der Waals surface area contributed by atoms with Crippen molar-refractivity contribution in [2.75, 3.05) is 31.6 Å². The summed E-state index contributed by atoms with van der Waals surface area (Å²) in [5.41, 5.74) is 0.434. The first kappa shape index (κ1) is 19.8. The van der Waals surface area contributed by atoms with Crippen LogP contribution in [0.1, 0.15) is 25.7 Å². The number of hydrogen-bond acceptors (Lipinski definition) is 6. The van der Waals surface area contributed by atoms with Gasteiger partial charge in [-0.1, -0.05) is 12.8 Å². The number of sulfonamides is 1. The van der Waals surface area contributed by atoms with Crippen LogP contribution >= 0.6 is 0 Å². The van der Waals surface area contributed by atoms with E-state index in [1.807, 2.05) is 0 Å². The lowest BCUT2D eigenvalue weighted by Gasteiger charge is -2.31. The Hall–Kier alpha value is -1.97. The van der Waals surface area contributed by atoms with Crippen LogP contribution in [-0.4, -0.2) is 50.9 Å². The molecule has 0 radical (unpaired) electrons. The predicted molar refractivity (Wildman–Crippen MR) is 95.1 cm³/mol. The lowest BCUT2D eigenvalue weighted by atomic mass is 9.78. The van der Waals surface area contributed by atoms with Crippen molar-refractivity contribution in [1.29, 1.82) is 0 Å². The van der Waals surface area contributed by atoms with Crippen molar-refractivity contribution < 1.29 is 27.9 Å². The molecule has 27 heavy (non-hydrogen) atoms. The molecule has 0 bridgehead atoms. The van der Waals surface area contributed by atoms with Crippen LogP contribution in [0.2, 0.25) is 0 Å². The first-order valence-electron chi connectivity index (χ1n) is 9.09. The van der Waals surface area contributed by atoms with Crippen molar-refractivity contribution in [2.45, 2.75) is 30.6 Å². The van der Waals surface area contributed by atoms with Crippen LogP contribution < -0.4 is 10.4 Å². The molecule has 0 unspecified atom stereocenters. The van der Waals surface area contributed by atoms with Gasteiger partial charge in [0.05, 0.1) is 18.1 Å². The third-order valence-corrected chi connectivity index (χ3v) is 7.05. The van der Waals surface area contributed by atoms with Crippen LogP contribution in [0.4, 0.5) is 5.69 Å². The molecule has 2 aliphatic rings. The van der Waals surface area contributed by atoms with Crippen LogP contribution in [0, 0.1) is 11.8 Å². The Morgan fingerprint density at radius 1 is 1.04 bits per heavy atom. The van der Waals surface area contributed by atoms with Crippen molar-refractivity contribution in [3.63, 3.8) is 0 Å². The monoisotopic (exact) mass is 395 g/mol. The molecule has 1 aromatic carbocycles. The molecule has 1 amide bonds. The molecule has 1 heterocycles. The van der Waals surface area contributed by atoms with Crippen molar-refractivity contribution in [2.24, 2.45) is 11.8 Å². The number of carbonyl (C=O) groups is 2. The molecule has 1 saturated heterocycles. The van der Waals surface area contributed by atoms with Gasteiger partial charge in [-0.3, -0.25) is 4.79 Å². The zero-order chi connectivity index (χ0) is 19.4. The molecule has 1 aliphatic heterocycles. The maximum Gasteiger partial charge on any atom is 0.243 e. The molecule has 0 aromatic heterocycles. The largest absolute Gasteiger partial charge is 0.550 e. The number of anilines is 1. The Kier molecular flexibility index (Phi) is 6.13. The fraction of sp³-hybridized carbons (Fsp3) is 0.556. The Bertz CT molecular complexity index is 787. The Morgan fingerprint density at radius 3 is 2.22 bits per heavy atom. The number of aliphatic carboxylic acids is 1. The number of carboxylic acids is 1. The quantitative estimate of drug-likeness (QED) is 0.762. The van der Waals surface area contributed by atoms with Gasteiger partial charge in [-0.25, -0.2) is 8.42 Å². The average molecular weight is 395 g/mol. The molecule has 1 aliphatic carbocycles. The maximum atomic E-state index is 12.6. The summed E-state index contributed by atoms with van der Waals surface area (Å²) >= 11 is 0.